The molecule has 0 aliphatic heterocycles. The zero-order valence-electron chi connectivity index (χ0n) is 7.28. The van der Waals surface area contributed by atoms with Crippen LogP contribution in [0.4, 0.5) is 0 Å². The third-order valence-electron chi connectivity index (χ3n) is 1.41. The molecule has 60 valence electrons. The standard InChI is InChI=1S/C10H15N/c1-6-8(2)7-9(3)10(4)11-5/h6-7,11H,1,3-4H2,2,5H3/b8-7+. The van der Waals surface area contributed by atoms with Crippen LogP contribution in [-0.4, -0.2) is 7.05 Å². The SMILES string of the molecule is C=C/C(C)=C/C(=C)C(=C)NC. The summed E-state index contributed by atoms with van der Waals surface area (Å²) in [6.07, 6.45) is 3.72. The summed E-state index contributed by atoms with van der Waals surface area (Å²) in [6.45, 7) is 13.2. The van der Waals surface area contributed by atoms with E-state index in [0.717, 1.165) is 16.8 Å². The van der Waals surface area contributed by atoms with Crippen molar-refractivity contribution >= 4 is 0 Å². The van der Waals surface area contributed by atoms with Gasteiger partial charge in [-0.05, 0) is 12.5 Å². The van der Waals surface area contributed by atoms with Crippen molar-refractivity contribution in [3.8, 4) is 0 Å². The summed E-state index contributed by atoms with van der Waals surface area (Å²) >= 11 is 0. The van der Waals surface area contributed by atoms with E-state index in [0.29, 0.717) is 0 Å². The highest BCUT2D eigenvalue weighted by molar-refractivity contribution is 5.37. The molecule has 0 heterocycles. The van der Waals surface area contributed by atoms with Gasteiger partial charge in [-0.2, -0.15) is 0 Å². The molecule has 0 saturated heterocycles. The molecule has 0 spiro atoms. The Morgan fingerprint density at radius 2 is 1.91 bits per heavy atom. The first-order valence-corrected chi connectivity index (χ1v) is 3.48. The molecule has 1 heteroatoms. The molecule has 0 radical (unpaired) electrons. The van der Waals surface area contributed by atoms with Gasteiger partial charge in [-0.25, -0.2) is 0 Å². The van der Waals surface area contributed by atoms with Gasteiger partial charge in [0, 0.05) is 12.7 Å². The Kier molecular flexibility index (Phi) is 4.04. The number of nitrogens with one attached hydrogen (secondary N) is 1. The van der Waals surface area contributed by atoms with Gasteiger partial charge in [0.1, 0.15) is 0 Å². The summed E-state index contributed by atoms with van der Waals surface area (Å²) in [5, 5.41) is 2.92. The average Bonchev–Trinajstić information content (AvgIpc) is 2.02. The minimum Gasteiger partial charge on any atom is -0.388 e. The van der Waals surface area contributed by atoms with Crippen molar-refractivity contribution in [3.63, 3.8) is 0 Å². The van der Waals surface area contributed by atoms with Crippen LogP contribution in [0.5, 0.6) is 0 Å². The lowest BCUT2D eigenvalue weighted by molar-refractivity contribution is 1.02. The van der Waals surface area contributed by atoms with Gasteiger partial charge < -0.3 is 5.32 Å². The lowest BCUT2D eigenvalue weighted by Crippen LogP contribution is -2.04. The zero-order valence-corrected chi connectivity index (χ0v) is 7.28. The van der Waals surface area contributed by atoms with Crippen LogP contribution in [0.25, 0.3) is 0 Å². The molecule has 0 aromatic heterocycles. The van der Waals surface area contributed by atoms with E-state index < -0.39 is 0 Å². The van der Waals surface area contributed by atoms with Crippen molar-refractivity contribution < 1.29 is 0 Å². The van der Waals surface area contributed by atoms with E-state index in [1.807, 2.05) is 20.0 Å². The monoisotopic (exact) mass is 149 g/mol. The quantitative estimate of drug-likeness (QED) is 0.605. The van der Waals surface area contributed by atoms with Gasteiger partial charge >= 0.3 is 0 Å². The Bertz CT molecular complexity index is 209. The van der Waals surface area contributed by atoms with E-state index in [2.05, 4.69) is 25.1 Å². The fraction of sp³-hybridized carbons (Fsp3) is 0.200. The molecule has 1 N–H and O–H groups in total. The van der Waals surface area contributed by atoms with Crippen LogP contribution in [0.2, 0.25) is 0 Å². The molecule has 1 nitrogen and oxygen atoms in total. The first-order valence-electron chi connectivity index (χ1n) is 3.48. The Morgan fingerprint density at radius 3 is 2.27 bits per heavy atom. The second kappa shape index (κ2) is 4.56. The molecular formula is C10H15N. The highest BCUT2D eigenvalue weighted by Crippen LogP contribution is 2.06. The van der Waals surface area contributed by atoms with Crippen LogP contribution in [-0.2, 0) is 0 Å². The molecule has 0 fully saturated rings. The van der Waals surface area contributed by atoms with Gasteiger partial charge in [0.25, 0.3) is 0 Å². The van der Waals surface area contributed by atoms with Gasteiger partial charge in [-0.15, -0.1) is 0 Å². The van der Waals surface area contributed by atoms with Gasteiger partial charge in [-0.3, -0.25) is 0 Å². The van der Waals surface area contributed by atoms with Crippen molar-refractivity contribution in [2.45, 2.75) is 6.92 Å². The molecule has 0 aromatic rings. The van der Waals surface area contributed by atoms with E-state index in [-0.39, 0.29) is 0 Å². The first kappa shape index (κ1) is 9.76. The number of hydrogen-bond donors (Lipinski definition) is 1. The molecule has 0 rings (SSSR count). The number of rotatable bonds is 4. The van der Waals surface area contributed by atoms with Crippen LogP contribution < -0.4 is 5.32 Å². The molecule has 0 amide bonds. The predicted molar refractivity (Wildman–Crippen MR) is 51.3 cm³/mol. The smallest absolute Gasteiger partial charge is 0.0332 e. The maximum atomic E-state index is 3.83. The van der Waals surface area contributed by atoms with Crippen molar-refractivity contribution in [3.05, 3.63) is 48.7 Å². The zero-order chi connectivity index (χ0) is 8.85. The minimum absolute atomic E-state index is 0.839. The van der Waals surface area contributed by atoms with Crippen LogP contribution >= 0.6 is 0 Å². The lowest BCUT2D eigenvalue weighted by atomic mass is 10.1. The molecule has 0 bridgehead atoms. The van der Waals surface area contributed by atoms with Crippen molar-refractivity contribution in [2.24, 2.45) is 0 Å². The Labute approximate surface area is 68.8 Å². The maximum Gasteiger partial charge on any atom is 0.0332 e. The largest absolute Gasteiger partial charge is 0.388 e. The summed E-state index contributed by atoms with van der Waals surface area (Å²) in [7, 11) is 1.82. The molecule has 0 unspecified atom stereocenters. The van der Waals surface area contributed by atoms with E-state index in [4.69, 9.17) is 0 Å². The second-order valence-corrected chi connectivity index (χ2v) is 2.35. The Morgan fingerprint density at radius 1 is 1.36 bits per heavy atom. The van der Waals surface area contributed by atoms with Crippen LogP contribution in [0.1, 0.15) is 6.92 Å². The number of hydrogen-bond acceptors (Lipinski definition) is 1. The summed E-state index contributed by atoms with van der Waals surface area (Å²) in [4.78, 5) is 0. The molecule has 0 atom stereocenters. The van der Waals surface area contributed by atoms with E-state index in [9.17, 15) is 0 Å². The topological polar surface area (TPSA) is 12.0 Å². The predicted octanol–water partition coefficient (Wildman–Crippen LogP) is 2.41. The van der Waals surface area contributed by atoms with E-state index in [1.165, 1.54) is 0 Å². The molecule has 11 heavy (non-hydrogen) atoms. The molecule has 0 aliphatic rings. The normalized spacial score (nSPS) is 10.5. The molecule has 0 saturated carbocycles. The summed E-state index contributed by atoms with van der Waals surface area (Å²) in [5.74, 6) is 0. The highest BCUT2D eigenvalue weighted by Gasteiger charge is 1.91. The van der Waals surface area contributed by atoms with Crippen molar-refractivity contribution in [2.75, 3.05) is 7.05 Å². The van der Waals surface area contributed by atoms with Crippen LogP contribution in [0, 0.1) is 0 Å². The van der Waals surface area contributed by atoms with Crippen LogP contribution in [0.15, 0.2) is 48.7 Å². The third kappa shape index (κ3) is 3.46. The fourth-order valence-corrected chi connectivity index (χ4v) is 0.581. The van der Waals surface area contributed by atoms with Gasteiger partial charge in [0.15, 0.2) is 0 Å². The van der Waals surface area contributed by atoms with Gasteiger partial charge in [0.05, 0.1) is 0 Å². The molecule has 0 aromatic carbocycles. The van der Waals surface area contributed by atoms with Crippen molar-refractivity contribution in [1.82, 2.24) is 5.32 Å². The summed E-state index contributed by atoms with van der Waals surface area (Å²) in [5.41, 5.74) is 2.82. The summed E-state index contributed by atoms with van der Waals surface area (Å²) < 4.78 is 0. The highest BCUT2D eigenvalue weighted by atomic mass is 14.8. The molecule has 0 aliphatic carbocycles. The maximum absolute atomic E-state index is 3.83. The van der Waals surface area contributed by atoms with Crippen molar-refractivity contribution in [1.29, 1.82) is 0 Å². The third-order valence-corrected chi connectivity index (χ3v) is 1.41. The molecular weight excluding hydrogens is 134 g/mol. The first-order chi connectivity index (χ1) is 5.11. The van der Waals surface area contributed by atoms with Gasteiger partial charge in [0.2, 0.25) is 0 Å². The number of likely N-dealkylation sites (N-methyl/N-ethyl adjacent to an activating group) is 1. The number of allylic oxidation sites excluding steroid dienone is 3. The van der Waals surface area contributed by atoms with E-state index in [1.54, 1.807) is 6.08 Å². The van der Waals surface area contributed by atoms with E-state index >= 15 is 0 Å². The lowest BCUT2D eigenvalue weighted by Gasteiger charge is -2.03. The van der Waals surface area contributed by atoms with Crippen LogP contribution in [0.3, 0.4) is 0 Å². The van der Waals surface area contributed by atoms with Gasteiger partial charge in [-0.1, -0.05) is 37.5 Å². The Balaban J connectivity index is 4.28. The Hall–Kier alpha value is -1.24. The second-order valence-electron chi connectivity index (χ2n) is 2.35. The minimum atomic E-state index is 0.839. The fourth-order valence-electron chi connectivity index (χ4n) is 0.581. The summed E-state index contributed by atoms with van der Waals surface area (Å²) in [6, 6.07) is 0. The average molecular weight is 149 g/mol.